The molecule has 1 aliphatic rings. The lowest BCUT2D eigenvalue weighted by molar-refractivity contribution is 0.0591. The summed E-state index contributed by atoms with van der Waals surface area (Å²) in [6, 6.07) is 6.86. The highest BCUT2D eigenvalue weighted by molar-refractivity contribution is 5.94. The number of methoxy groups -OCH3 is 1. The van der Waals surface area contributed by atoms with Crippen molar-refractivity contribution in [2.24, 2.45) is 0 Å². The van der Waals surface area contributed by atoms with Crippen molar-refractivity contribution >= 4 is 17.5 Å². The summed E-state index contributed by atoms with van der Waals surface area (Å²) in [5.74, 6) is -0.583. The number of ether oxygens (including phenoxy) is 2. The van der Waals surface area contributed by atoms with Crippen LogP contribution < -0.4 is 10.3 Å². The van der Waals surface area contributed by atoms with Gasteiger partial charge in [0.25, 0.3) is 11.5 Å². The van der Waals surface area contributed by atoms with E-state index in [2.05, 4.69) is 4.98 Å². The van der Waals surface area contributed by atoms with Crippen molar-refractivity contribution < 1.29 is 19.1 Å². The van der Waals surface area contributed by atoms with Gasteiger partial charge in [-0.15, -0.1) is 0 Å². The number of pyridine rings is 2. The summed E-state index contributed by atoms with van der Waals surface area (Å²) in [6.45, 7) is 4.56. The number of imidazole rings is 1. The number of fused-ring (bicyclic) bond motifs is 2. The van der Waals surface area contributed by atoms with E-state index in [4.69, 9.17) is 9.47 Å². The highest BCUT2D eigenvalue weighted by Crippen LogP contribution is 2.25. The predicted octanol–water partition coefficient (Wildman–Crippen LogP) is 1.77. The van der Waals surface area contributed by atoms with Crippen LogP contribution in [0.3, 0.4) is 0 Å². The third-order valence-corrected chi connectivity index (χ3v) is 5.22. The third-order valence-electron chi connectivity index (χ3n) is 5.22. The number of carbonyl (C=O) groups is 2. The molecular formula is C22H24N4O5. The molecule has 0 saturated heterocycles. The number of aromatic nitrogens is 3. The third kappa shape index (κ3) is 3.90. The quantitative estimate of drug-likeness (QED) is 0.593. The van der Waals surface area contributed by atoms with Crippen LogP contribution in [0.4, 0.5) is 0 Å². The van der Waals surface area contributed by atoms with Gasteiger partial charge in [-0.2, -0.15) is 0 Å². The summed E-state index contributed by atoms with van der Waals surface area (Å²) >= 11 is 0. The Morgan fingerprint density at radius 2 is 1.97 bits per heavy atom. The van der Waals surface area contributed by atoms with E-state index in [0.29, 0.717) is 36.5 Å². The Morgan fingerprint density at radius 3 is 2.68 bits per heavy atom. The summed E-state index contributed by atoms with van der Waals surface area (Å²) in [6.07, 6.45) is 3.62. The first kappa shape index (κ1) is 20.6. The van der Waals surface area contributed by atoms with Gasteiger partial charge in [0, 0.05) is 50.2 Å². The Bertz CT molecular complexity index is 1180. The Labute approximate surface area is 178 Å². The molecule has 0 saturated carbocycles. The van der Waals surface area contributed by atoms with Gasteiger partial charge >= 0.3 is 5.97 Å². The molecule has 4 rings (SSSR count). The molecule has 0 fully saturated rings. The number of hydrogen-bond acceptors (Lipinski definition) is 6. The molecule has 3 aromatic rings. The van der Waals surface area contributed by atoms with E-state index in [1.54, 1.807) is 15.5 Å². The first-order valence-corrected chi connectivity index (χ1v) is 10.1. The van der Waals surface area contributed by atoms with Crippen LogP contribution in [-0.4, -0.2) is 57.0 Å². The standard InChI is InChI=1S/C22H24N4O5/c1-14(2)31-17-12-19(27)26-11-10-24(9-7-16(26)20(17)22(29)30-3)21(28)15-13-25-8-5-4-6-18(25)23-15/h4-6,8,12-14H,7,9-11H2,1-3H3. The molecule has 31 heavy (non-hydrogen) atoms. The zero-order valence-electron chi connectivity index (χ0n) is 17.7. The zero-order chi connectivity index (χ0) is 22.1. The van der Waals surface area contributed by atoms with Crippen LogP contribution in [0.2, 0.25) is 0 Å². The van der Waals surface area contributed by atoms with E-state index in [1.165, 1.54) is 17.7 Å². The minimum atomic E-state index is -0.570. The van der Waals surface area contributed by atoms with Gasteiger partial charge in [0.2, 0.25) is 0 Å². The smallest absolute Gasteiger partial charge is 0.343 e. The fourth-order valence-corrected chi connectivity index (χ4v) is 3.82. The topological polar surface area (TPSA) is 95.1 Å². The average molecular weight is 424 g/mol. The summed E-state index contributed by atoms with van der Waals surface area (Å²) in [7, 11) is 1.29. The molecule has 162 valence electrons. The lowest BCUT2D eigenvalue weighted by Gasteiger charge is -2.18. The summed E-state index contributed by atoms with van der Waals surface area (Å²) in [4.78, 5) is 44.4. The monoisotopic (exact) mass is 424 g/mol. The fourth-order valence-electron chi connectivity index (χ4n) is 3.82. The Balaban J connectivity index is 1.67. The largest absolute Gasteiger partial charge is 0.490 e. The molecule has 3 aromatic heterocycles. The van der Waals surface area contributed by atoms with Gasteiger partial charge in [0.15, 0.2) is 0 Å². The van der Waals surface area contributed by atoms with Crippen molar-refractivity contribution in [1.29, 1.82) is 0 Å². The SMILES string of the molecule is COC(=O)c1c(OC(C)C)cc(=O)n2c1CCN(C(=O)c1cn3ccccc3n1)CC2. The second-order valence-corrected chi connectivity index (χ2v) is 7.61. The molecule has 0 bridgehead atoms. The van der Waals surface area contributed by atoms with Crippen LogP contribution in [0.15, 0.2) is 41.5 Å². The van der Waals surface area contributed by atoms with Crippen LogP contribution in [0.5, 0.6) is 5.75 Å². The Kier molecular flexibility index (Phi) is 5.50. The van der Waals surface area contributed by atoms with Gasteiger partial charge in [0.1, 0.15) is 22.7 Å². The molecule has 9 heteroatoms. The highest BCUT2D eigenvalue weighted by atomic mass is 16.5. The first-order chi connectivity index (χ1) is 14.9. The maximum absolute atomic E-state index is 13.1. The van der Waals surface area contributed by atoms with Gasteiger partial charge in [0.05, 0.1) is 13.2 Å². The van der Waals surface area contributed by atoms with E-state index in [-0.39, 0.29) is 35.4 Å². The Hall–Kier alpha value is -3.62. The number of esters is 1. The number of amides is 1. The summed E-state index contributed by atoms with van der Waals surface area (Å²) in [5.41, 5.74) is 1.49. The number of nitrogens with zero attached hydrogens (tertiary/aromatic N) is 4. The van der Waals surface area contributed by atoms with Crippen molar-refractivity contribution in [3.05, 3.63) is 64.0 Å². The molecular weight excluding hydrogens is 400 g/mol. The van der Waals surface area contributed by atoms with E-state index in [9.17, 15) is 14.4 Å². The maximum atomic E-state index is 13.1. The predicted molar refractivity (Wildman–Crippen MR) is 113 cm³/mol. The van der Waals surface area contributed by atoms with Crippen LogP contribution in [0.25, 0.3) is 5.65 Å². The van der Waals surface area contributed by atoms with Crippen LogP contribution in [0.1, 0.15) is 40.4 Å². The van der Waals surface area contributed by atoms with Crippen molar-refractivity contribution in [3.8, 4) is 5.75 Å². The van der Waals surface area contributed by atoms with Gasteiger partial charge in [-0.25, -0.2) is 9.78 Å². The number of hydrogen-bond donors (Lipinski definition) is 0. The highest BCUT2D eigenvalue weighted by Gasteiger charge is 2.28. The average Bonchev–Trinajstić information content (AvgIpc) is 3.05. The molecule has 0 aromatic carbocycles. The minimum absolute atomic E-state index is 0.207. The van der Waals surface area contributed by atoms with Gasteiger partial charge in [-0.1, -0.05) is 6.07 Å². The molecule has 0 atom stereocenters. The van der Waals surface area contributed by atoms with Crippen molar-refractivity contribution in [3.63, 3.8) is 0 Å². The van der Waals surface area contributed by atoms with Crippen LogP contribution in [0, 0.1) is 0 Å². The summed E-state index contributed by atoms with van der Waals surface area (Å²) in [5, 5.41) is 0. The fraction of sp³-hybridized carbons (Fsp3) is 0.364. The molecule has 0 N–H and O–H groups in total. The molecule has 0 spiro atoms. The molecule has 0 radical (unpaired) electrons. The van der Waals surface area contributed by atoms with Crippen molar-refractivity contribution in [2.45, 2.75) is 32.9 Å². The number of rotatable bonds is 4. The molecule has 1 amide bonds. The molecule has 4 heterocycles. The second-order valence-electron chi connectivity index (χ2n) is 7.61. The second kappa shape index (κ2) is 8.25. The van der Waals surface area contributed by atoms with Gasteiger partial charge in [-0.05, 0) is 26.0 Å². The minimum Gasteiger partial charge on any atom is -0.490 e. The molecule has 0 aliphatic carbocycles. The summed E-state index contributed by atoms with van der Waals surface area (Å²) < 4.78 is 14.0. The normalized spacial score (nSPS) is 13.7. The van der Waals surface area contributed by atoms with Crippen LogP contribution >= 0.6 is 0 Å². The van der Waals surface area contributed by atoms with Crippen molar-refractivity contribution in [2.75, 3.05) is 20.2 Å². The Morgan fingerprint density at radius 1 is 1.16 bits per heavy atom. The maximum Gasteiger partial charge on any atom is 0.343 e. The lowest BCUT2D eigenvalue weighted by Crippen LogP contribution is -2.34. The van der Waals surface area contributed by atoms with Crippen molar-refractivity contribution in [1.82, 2.24) is 18.9 Å². The molecule has 1 aliphatic heterocycles. The molecule has 9 nitrogen and oxygen atoms in total. The lowest BCUT2D eigenvalue weighted by atomic mass is 10.1. The van der Waals surface area contributed by atoms with E-state index < -0.39 is 5.97 Å². The van der Waals surface area contributed by atoms with Gasteiger partial charge in [-0.3, -0.25) is 9.59 Å². The first-order valence-electron chi connectivity index (χ1n) is 10.1. The zero-order valence-corrected chi connectivity index (χ0v) is 17.7. The molecule has 0 unspecified atom stereocenters. The van der Waals surface area contributed by atoms with Crippen LogP contribution in [-0.2, 0) is 17.7 Å². The van der Waals surface area contributed by atoms with Gasteiger partial charge < -0.3 is 23.3 Å². The number of carbonyl (C=O) groups excluding carboxylic acids is 2. The van der Waals surface area contributed by atoms with E-state index in [0.717, 1.165) is 0 Å². The van der Waals surface area contributed by atoms with E-state index >= 15 is 0 Å². The van der Waals surface area contributed by atoms with E-state index in [1.807, 2.05) is 38.2 Å².